The number of carbonyl (C=O) groups excluding carboxylic acids is 1. The molecular weight excluding hydrogens is 288 g/mol. The van der Waals surface area contributed by atoms with Crippen LogP contribution in [-0.2, 0) is 16.9 Å². The minimum atomic E-state index is -2.99. The molecule has 0 bridgehead atoms. The molecule has 2 heterocycles. The lowest BCUT2D eigenvalue weighted by Crippen LogP contribution is -2.36. The molecule has 1 aliphatic rings. The van der Waals surface area contributed by atoms with Crippen molar-refractivity contribution in [3.63, 3.8) is 0 Å². The Morgan fingerprint density at radius 2 is 2.14 bits per heavy atom. The summed E-state index contributed by atoms with van der Waals surface area (Å²) in [5.41, 5.74) is 2.70. The summed E-state index contributed by atoms with van der Waals surface area (Å²) in [7, 11) is -1.13. The molecule has 1 unspecified atom stereocenters. The molecule has 5 nitrogen and oxygen atoms in total. The second-order valence-electron chi connectivity index (χ2n) is 5.67. The molecule has 0 radical (unpaired) electrons. The fourth-order valence-corrected chi connectivity index (χ4v) is 4.68. The Labute approximate surface area is 123 Å². The number of aromatic nitrogens is 1. The van der Waals surface area contributed by atoms with Crippen LogP contribution in [0.3, 0.4) is 0 Å². The molecule has 0 saturated carbocycles. The van der Waals surface area contributed by atoms with Gasteiger partial charge in [-0.15, -0.1) is 0 Å². The van der Waals surface area contributed by atoms with Gasteiger partial charge in [-0.05, 0) is 25.0 Å². The van der Waals surface area contributed by atoms with Gasteiger partial charge >= 0.3 is 0 Å². The fourth-order valence-electron chi connectivity index (χ4n) is 3.01. The van der Waals surface area contributed by atoms with Gasteiger partial charge in [-0.3, -0.25) is 4.79 Å². The van der Waals surface area contributed by atoms with Crippen molar-refractivity contribution in [1.29, 1.82) is 0 Å². The van der Waals surface area contributed by atoms with E-state index in [2.05, 4.69) is 5.32 Å². The van der Waals surface area contributed by atoms with E-state index in [1.807, 2.05) is 42.8 Å². The van der Waals surface area contributed by atoms with Crippen molar-refractivity contribution >= 4 is 26.6 Å². The van der Waals surface area contributed by atoms with Crippen molar-refractivity contribution in [3.05, 3.63) is 35.5 Å². The molecule has 1 aromatic carbocycles. The van der Waals surface area contributed by atoms with E-state index >= 15 is 0 Å². The molecule has 1 atom stereocenters. The van der Waals surface area contributed by atoms with E-state index in [0.717, 1.165) is 16.5 Å². The number of fused-ring (bicyclic) bond motifs is 1. The molecule has 3 rings (SSSR count). The van der Waals surface area contributed by atoms with Crippen molar-refractivity contribution in [2.24, 2.45) is 7.05 Å². The first kappa shape index (κ1) is 14.1. The van der Waals surface area contributed by atoms with E-state index in [0.29, 0.717) is 12.1 Å². The predicted molar refractivity (Wildman–Crippen MR) is 82.2 cm³/mol. The van der Waals surface area contributed by atoms with Gasteiger partial charge in [-0.25, -0.2) is 8.42 Å². The highest BCUT2D eigenvalue weighted by Crippen LogP contribution is 2.22. The number of hydrogen-bond donors (Lipinski definition) is 1. The number of hydrogen-bond acceptors (Lipinski definition) is 3. The van der Waals surface area contributed by atoms with Crippen LogP contribution >= 0.6 is 0 Å². The highest BCUT2D eigenvalue weighted by molar-refractivity contribution is 7.91. The zero-order valence-electron chi connectivity index (χ0n) is 12.1. The number of amides is 1. The second-order valence-corrected chi connectivity index (χ2v) is 7.90. The number of aryl methyl sites for hydroxylation is 2. The Bertz CT molecular complexity index is 821. The second kappa shape index (κ2) is 4.87. The molecule has 2 aromatic rings. The third-order valence-electron chi connectivity index (χ3n) is 4.06. The number of sulfone groups is 1. The van der Waals surface area contributed by atoms with Crippen LogP contribution in [0.1, 0.15) is 22.5 Å². The molecule has 1 aliphatic heterocycles. The van der Waals surface area contributed by atoms with E-state index in [4.69, 9.17) is 0 Å². The number of carbonyl (C=O) groups is 1. The van der Waals surface area contributed by atoms with Crippen molar-refractivity contribution in [1.82, 2.24) is 9.88 Å². The van der Waals surface area contributed by atoms with Crippen molar-refractivity contribution in [2.45, 2.75) is 19.4 Å². The summed E-state index contributed by atoms with van der Waals surface area (Å²) in [6.45, 7) is 2.01. The lowest BCUT2D eigenvalue weighted by atomic mass is 10.2. The maximum Gasteiger partial charge on any atom is 0.268 e. The van der Waals surface area contributed by atoms with Crippen LogP contribution in [0, 0.1) is 6.92 Å². The van der Waals surface area contributed by atoms with E-state index in [9.17, 15) is 13.2 Å². The smallest absolute Gasteiger partial charge is 0.268 e. The van der Waals surface area contributed by atoms with Gasteiger partial charge < -0.3 is 9.88 Å². The molecule has 112 valence electrons. The molecule has 1 saturated heterocycles. The molecule has 6 heteroatoms. The SMILES string of the molecule is Cc1cccc2cc(C(=O)NC3CCS(=O)(=O)C3)n(C)c12. The Morgan fingerprint density at radius 1 is 1.38 bits per heavy atom. The highest BCUT2D eigenvalue weighted by Gasteiger charge is 2.29. The quantitative estimate of drug-likeness (QED) is 0.912. The molecule has 1 fully saturated rings. The number of nitrogens with one attached hydrogen (secondary N) is 1. The summed E-state index contributed by atoms with van der Waals surface area (Å²) in [4.78, 5) is 12.4. The minimum Gasteiger partial charge on any atom is -0.347 e. The number of rotatable bonds is 2. The van der Waals surface area contributed by atoms with Gasteiger partial charge in [0.2, 0.25) is 0 Å². The lowest BCUT2D eigenvalue weighted by Gasteiger charge is -2.11. The van der Waals surface area contributed by atoms with E-state index in [1.54, 1.807) is 0 Å². The number of para-hydroxylation sites is 1. The van der Waals surface area contributed by atoms with Crippen molar-refractivity contribution in [2.75, 3.05) is 11.5 Å². The Balaban J connectivity index is 1.89. The summed E-state index contributed by atoms with van der Waals surface area (Å²) in [5.74, 6) is -0.0105. The Hall–Kier alpha value is -1.82. The monoisotopic (exact) mass is 306 g/mol. The summed E-state index contributed by atoms with van der Waals surface area (Å²) in [6, 6.07) is 7.51. The zero-order chi connectivity index (χ0) is 15.2. The average molecular weight is 306 g/mol. The minimum absolute atomic E-state index is 0.0434. The third-order valence-corrected chi connectivity index (χ3v) is 5.83. The highest BCUT2D eigenvalue weighted by atomic mass is 32.2. The van der Waals surface area contributed by atoms with Crippen LogP contribution < -0.4 is 5.32 Å². The van der Waals surface area contributed by atoms with Gasteiger partial charge in [0.15, 0.2) is 9.84 Å². The molecule has 1 aromatic heterocycles. The van der Waals surface area contributed by atoms with E-state index in [1.165, 1.54) is 0 Å². The molecule has 0 spiro atoms. The first-order valence-electron chi connectivity index (χ1n) is 6.94. The fraction of sp³-hybridized carbons (Fsp3) is 0.400. The van der Waals surface area contributed by atoms with Gasteiger partial charge in [0, 0.05) is 18.5 Å². The first-order chi connectivity index (χ1) is 9.87. The summed E-state index contributed by atoms with van der Waals surface area (Å²) < 4.78 is 24.8. The summed E-state index contributed by atoms with van der Waals surface area (Å²) in [6.07, 6.45) is 0.497. The third kappa shape index (κ3) is 2.55. The van der Waals surface area contributed by atoms with Gasteiger partial charge in [0.25, 0.3) is 5.91 Å². The normalized spacial score (nSPS) is 20.8. The van der Waals surface area contributed by atoms with Crippen LogP contribution in [0.2, 0.25) is 0 Å². The van der Waals surface area contributed by atoms with Crippen molar-refractivity contribution in [3.8, 4) is 0 Å². The van der Waals surface area contributed by atoms with Crippen molar-refractivity contribution < 1.29 is 13.2 Å². The Morgan fingerprint density at radius 3 is 2.76 bits per heavy atom. The van der Waals surface area contributed by atoms with E-state index < -0.39 is 9.84 Å². The topological polar surface area (TPSA) is 68.2 Å². The van der Waals surface area contributed by atoms with Crippen LogP contribution in [0.25, 0.3) is 10.9 Å². The largest absolute Gasteiger partial charge is 0.347 e. The standard InChI is InChI=1S/C15H18N2O3S/c1-10-4-3-5-11-8-13(17(2)14(10)11)15(18)16-12-6-7-21(19,20)9-12/h3-5,8,12H,6-7,9H2,1-2H3,(H,16,18). The molecule has 1 N–H and O–H groups in total. The molecule has 21 heavy (non-hydrogen) atoms. The van der Waals surface area contributed by atoms with E-state index in [-0.39, 0.29) is 23.5 Å². The predicted octanol–water partition coefficient (Wildman–Crippen LogP) is 1.40. The van der Waals surface area contributed by atoms with Crippen LogP contribution in [-0.4, -0.2) is 36.4 Å². The van der Waals surface area contributed by atoms with Crippen LogP contribution in [0.5, 0.6) is 0 Å². The molecule has 0 aliphatic carbocycles. The molecular formula is C15H18N2O3S. The van der Waals surface area contributed by atoms with Crippen LogP contribution in [0.15, 0.2) is 24.3 Å². The molecule has 1 amide bonds. The Kier molecular flexibility index (Phi) is 3.28. The lowest BCUT2D eigenvalue weighted by molar-refractivity contribution is 0.0933. The van der Waals surface area contributed by atoms with Gasteiger partial charge in [0.1, 0.15) is 5.69 Å². The number of nitrogens with zero attached hydrogens (tertiary/aromatic N) is 1. The van der Waals surface area contributed by atoms with Crippen LogP contribution in [0.4, 0.5) is 0 Å². The van der Waals surface area contributed by atoms with Gasteiger partial charge in [-0.1, -0.05) is 18.2 Å². The van der Waals surface area contributed by atoms with Gasteiger partial charge in [0.05, 0.1) is 17.0 Å². The first-order valence-corrected chi connectivity index (χ1v) is 8.76. The summed E-state index contributed by atoms with van der Waals surface area (Å²) >= 11 is 0. The van der Waals surface area contributed by atoms with Gasteiger partial charge in [-0.2, -0.15) is 0 Å². The zero-order valence-corrected chi connectivity index (χ0v) is 12.9. The summed E-state index contributed by atoms with van der Waals surface area (Å²) in [5, 5.41) is 3.85. The maximum absolute atomic E-state index is 12.4. The number of benzene rings is 1. The maximum atomic E-state index is 12.4. The average Bonchev–Trinajstić information content (AvgIpc) is 2.91.